The lowest BCUT2D eigenvalue weighted by atomic mass is 9.99. The van der Waals surface area contributed by atoms with Crippen molar-refractivity contribution in [1.29, 1.82) is 0 Å². The van der Waals surface area contributed by atoms with Crippen LogP contribution >= 0.6 is 0 Å². The summed E-state index contributed by atoms with van der Waals surface area (Å²) < 4.78 is 48.0. The van der Waals surface area contributed by atoms with Crippen LogP contribution in [-0.2, 0) is 27.5 Å². The number of nitrogen functional groups attached to an aromatic ring is 1. The molecule has 0 aliphatic carbocycles. The number of fused-ring (bicyclic) bond motifs is 1. The van der Waals surface area contributed by atoms with Crippen molar-refractivity contribution in [3.8, 4) is 0 Å². The van der Waals surface area contributed by atoms with Gasteiger partial charge in [0.15, 0.2) is 0 Å². The summed E-state index contributed by atoms with van der Waals surface area (Å²) in [6, 6.07) is 10.4. The second-order valence-corrected chi connectivity index (χ2v) is 8.04. The summed E-state index contributed by atoms with van der Waals surface area (Å²) in [5.74, 6) is -3.62. The van der Waals surface area contributed by atoms with Gasteiger partial charge in [0, 0.05) is 17.9 Å². The fourth-order valence-corrected chi connectivity index (χ4v) is 3.80. The Labute approximate surface area is 150 Å². The molecule has 2 N–H and O–H groups in total. The maximum Gasteiger partial charge on any atom is 0.341 e. The fourth-order valence-electron chi connectivity index (χ4n) is 3.08. The Bertz CT molecular complexity index is 928. The van der Waals surface area contributed by atoms with Gasteiger partial charge in [-0.05, 0) is 48.2 Å². The molecule has 138 valence electrons. The van der Waals surface area contributed by atoms with Crippen LogP contribution < -0.4 is 10.6 Å². The highest BCUT2D eigenvalue weighted by atomic mass is 32.2. The van der Waals surface area contributed by atoms with E-state index in [-0.39, 0.29) is 12.3 Å². The number of hydrogen-bond acceptors (Lipinski definition) is 4. The topological polar surface area (TPSA) is 80.5 Å². The van der Waals surface area contributed by atoms with Gasteiger partial charge in [-0.25, -0.2) is 8.42 Å². The average molecular weight is 380 g/mol. The van der Waals surface area contributed by atoms with Crippen molar-refractivity contribution in [2.75, 3.05) is 17.2 Å². The highest BCUT2D eigenvalue weighted by Crippen LogP contribution is 2.31. The van der Waals surface area contributed by atoms with E-state index in [0.29, 0.717) is 17.8 Å². The number of nitrogens with two attached hydrogens (primary N) is 1. The predicted molar refractivity (Wildman–Crippen MR) is 94.9 cm³/mol. The van der Waals surface area contributed by atoms with Gasteiger partial charge in [-0.15, -0.1) is 0 Å². The molecule has 0 atom stereocenters. The molecule has 2 aromatic rings. The lowest BCUT2D eigenvalue weighted by Gasteiger charge is -2.30. The Kier molecular flexibility index (Phi) is 4.95. The number of anilines is 2. The molecule has 0 aromatic heterocycles. The summed E-state index contributed by atoms with van der Waals surface area (Å²) in [5.41, 5.74) is 8.93. The summed E-state index contributed by atoms with van der Waals surface area (Å²) in [6.45, 7) is 0.577. The Hall–Kier alpha value is -2.48. The molecule has 2 aromatic carbocycles. The van der Waals surface area contributed by atoms with E-state index in [0.717, 1.165) is 36.2 Å². The molecule has 1 amide bonds. The zero-order chi connectivity index (χ0) is 18.9. The standard InChI is InChI=1S/C18H18F2N2O3S/c19-18(20)26(24,25)13-8-6-12(7-9-13)11-17(23)22-10-2-3-14-15(21)4-1-5-16(14)22/h1,4-9,18H,2-3,10-11,21H2. The molecular formula is C18H18F2N2O3S. The normalized spacial score (nSPS) is 14.3. The zero-order valence-electron chi connectivity index (χ0n) is 13.9. The molecule has 0 fully saturated rings. The summed E-state index contributed by atoms with van der Waals surface area (Å²) in [5, 5.41) is 0. The highest BCUT2D eigenvalue weighted by molar-refractivity contribution is 7.91. The van der Waals surface area contributed by atoms with Crippen LogP contribution in [0.4, 0.5) is 20.2 Å². The van der Waals surface area contributed by atoms with E-state index in [4.69, 9.17) is 5.73 Å². The molecule has 0 saturated carbocycles. The lowest BCUT2D eigenvalue weighted by molar-refractivity contribution is -0.118. The van der Waals surface area contributed by atoms with E-state index >= 15 is 0 Å². The van der Waals surface area contributed by atoms with Gasteiger partial charge in [0.25, 0.3) is 0 Å². The second kappa shape index (κ2) is 7.03. The molecule has 1 aliphatic heterocycles. The van der Waals surface area contributed by atoms with Gasteiger partial charge in [0.1, 0.15) is 0 Å². The summed E-state index contributed by atoms with van der Waals surface area (Å²) in [4.78, 5) is 13.9. The van der Waals surface area contributed by atoms with Crippen molar-refractivity contribution in [2.45, 2.75) is 29.9 Å². The second-order valence-electron chi connectivity index (χ2n) is 6.12. The van der Waals surface area contributed by atoms with Crippen LogP contribution in [0, 0.1) is 0 Å². The first-order valence-electron chi connectivity index (χ1n) is 8.09. The molecule has 0 bridgehead atoms. The van der Waals surface area contributed by atoms with Crippen LogP contribution in [0.3, 0.4) is 0 Å². The van der Waals surface area contributed by atoms with Crippen molar-refractivity contribution < 1.29 is 22.0 Å². The first-order valence-corrected chi connectivity index (χ1v) is 9.64. The minimum Gasteiger partial charge on any atom is -0.398 e. The van der Waals surface area contributed by atoms with Gasteiger partial charge in [-0.3, -0.25) is 4.79 Å². The number of hydrogen-bond donors (Lipinski definition) is 1. The number of benzene rings is 2. The van der Waals surface area contributed by atoms with Crippen molar-refractivity contribution >= 4 is 27.1 Å². The number of carbonyl (C=O) groups is 1. The van der Waals surface area contributed by atoms with Crippen molar-refractivity contribution in [3.05, 3.63) is 53.6 Å². The number of carbonyl (C=O) groups excluding carboxylic acids is 1. The minimum absolute atomic E-state index is 0.0449. The van der Waals surface area contributed by atoms with Gasteiger partial charge in [0.05, 0.1) is 11.3 Å². The number of amides is 1. The van der Waals surface area contributed by atoms with Crippen molar-refractivity contribution in [1.82, 2.24) is 0 Å². The Morgan fingerprint density at radius 1 is 1.15 bits per heavy atom. The van der Waals surface area contributed by atoms with E-state index in [1.807, 2.05) is 6.07 Å². The monoisotopic (exact) mass is 380 g/mol. The quantitative estimate of drug-likeness (QED) is 0.827. The summed E-state index contributed by atoms with van der Waals surface area (Å²) in [6.07, 6.45) is 1.66. The lowest BCUT2D eigenvalue weighted by Crippen LogP contribution is -2.36. The number of sulfone groups is 1. The number of nitrogens with zero attached hydrogens (tertiary/aromatic N) is 1. The third-order valence-electron chi connectivity index (χ3n) is 4.43. The van der Waals surface area contributed by atoms with E-state index in [1.165, 1.54) is 12.1 Å². The third-order valence-corrected chi connectivity index (χ3v) is 5.83. The molecular weight excluding hydrogens is 362 g/mol. The molecule has 0 spiro atoms. The molecule has 3 rings (SSSR count). The zero-order valence-corrected chi connectivity index (χ0v) is 14.7. The highest BCUT2D eigenvalue weighted by Gasteiger charge is 2.27. The maximum atomic E-state index is 12.7. The summed E-state index contributed by atoms with van der Waals surface area (Å²) >= 11 is 0. The Morgan fingerprint density at radius 2 is 1.85 bits per heavy atom. The van der Waals surface area contributed by atoms with E-state index in [2.05, 4.69) is 0 Å². The van der Waals surface area contributed by atoms with Crippen molar-refractivity contribution in [2.24, 2.45) is 0 Å². The SMILES string of the molecule is Nc1cccc2c1CCCN2C(=O)Cc1ccc(S(=O)(=O)C(F)F)cc1. The van der Waals surface area contributed by atoms with Crippen molar-refractivity contribution in [3.63, 3.8) is 0 Å². The van der Waals surface area contributed by atoms with Gasteiger partial charge in [-0.1, -0.05) is 18.2 Å². The van der Waals surface area contributed by atoms with Gasteiger partial charge in [0.2, 0.25) is 15.7 Å². The molecule has 0 saturated heterocycles. The molecule has 8 heteroatoms. The van der Waals surface area contributed by atoms with Crippen LogP contribution in [0.5, 0.6) is 0 Å². The largest absolute Gasteiger partial charge is 0.398 e. The smallest absolute Gasteiger partial charge is 0.341 e. The molecule has 26 heavy (non-hydrogen) atoms. The molecule has 0 radical (unpaired) electrons. The Morgan fingerprint density at radius 3 is 2.50 bits per heavy atom. The maximum absolute atomic E-state index is 12.7. The van der Waals surface area contributed by atoms with E-state index < -0.39 is 20.5 Å². The van der Waals surface area contributed by atoms with E-state index in [9.17, 15) is 22.0 Å². The summed E-state index contributed by atoms with van der Waals surface area (Å²) in [7, 11) is -4.63. The third kappa shape index (κ3) is 3.41. The molecule has 0 unspecified atom stereocenters. The Balaban J connectivity index is 1.79. The number of rotatable bonds is 4. The number of alkyl halides is 2. The average Bonchev–Trinajstić information content (AvgIpc) is 2.62. The minimum atomic E-state index is -4.63. The molecule has 1 aliphatic rings. The molecule has 1 heterocycles. The van der Waals surface area contributed by atoms with E-state index in [1.54, 1.807) is 17.0 Å². The van der Waals surface area contributed by atoms with Crippen LogP contribution in [0.25, 0.3) is 0 Å². The van der Waals surface area contributed by atoms with Crippen LogP contribution in [-0.4, -0.2) is 26.6 Å². The predicted octanol–water partition coefficient (Wildman–Crippen LogP) is 2.79. The molecule has 5 nitrogen and oxygen atoms in total. The van der Waals surface area contributed by atoms with Gasteiger partial charge < -0.3 is 10.6 Å². The van der Waals surface area contributed by atoms with Crippen LogP contribution in [0.1, 0.15) is 17.5 Å². The number of halogens is 2. The van der Waals surface area contributed by atoms with Gasteiger partial charge >= 0.3 is 5.76 Å². The first-order chi connectivity index (χ1) is 12.3. The fraction of sp³-hybridized carbons (Fsp3) is 0.278. The van der Waals surface area contributed by atoms with Crippen LogP contribution in [0.2, 0.25) is 0 Å². The first kappa shape index (κ1) is 18.3. The van der Waals surface area contributed by atoms with Crippen LogP contribution in [0.15, 0.2) is 47.4 Å². The van der Waals surface area contributed by atoms with Gasteiger partial charge in [-0.2, -0.15) is 8.78 Å².